The lowest BCUT2D eigenvalue weighted by Crippen LogP contribution is -2.42. The van der Waals surface area contributed by atoms with Crippen LogP contribution in [0, 0.1) is 0 Å². The van der Waals surface area contributed by atoms with E-state index in [-0.39, 0.29) is 19.1 Å². The van der Waals surface area contributed by atoms with Crippen molar-refractivity contribution in [2.24, 2.45) is 0 Å². The fourth-order valence-corrected chi connectivity index (χ4v) is 4.22. The van der Waals surface area contributed by atoms with Crippen molar-refractivity contribution in [2.75, 3.05) is 13.2 Å². The van der Waals surface area contributed by atoms with Gasteiger partial charge in [-0.2, -0.15) is 0 Å². The molecule has 4 rings (SSSR count). The van der Waals surface area contributed by atoms with Gasteiger partial charge in [-0.1, -0.05) is 37.3 Å². The van der Waals surface area contributed by atoms with Crippen LogP contribution in [0.2, 0.25) is 0 Å². The molecule has 2 aromatic rings. The number of benzene rings is 2. The molecule has 1 saturated heterocycles. The topological polar surface area (TPSA) is 78.9 Å². The SMILES string of the molecule is CCc1ccc(OC[C@@H](O)CN2C(=O)N[C@@](C)(c3ccc4c(c3)CCC4)C2=O)cc1. The predicted molar refractivity (Wildman–Crippen MR) is 113 cm³/mol. The van der Waals surface area contributed by atoms with Gasteiger partial charge in [0, 0.05) is 0 Å². The quantitative estimate of drug-likeness (QED) is 0.691. The van der Waals surface area contributed by atoms with E-state index in [0.29, 0.717) is 5.75 Å². The summed E-state index contributed by atoms with van der Waals surface area (Å²) in [6.45, 7) is 3.69. The number of nitrogens with zero attached hydrogens (tertiary/aromatic N) is 1. The van der Waals surface area contributed by atoms with Gasteiger partial charge in [0.2, 0.25) is 0 Å². The average Bonchev–Trinajstić information content (AvgIpc) is 3.31. The number of β-amino-alcohol motifs (C(OH)–C–C–N with tert-alkyl or cyclic N) is 1. The summed E-state index contributed by atoms with van der Waals surface area (Å²) in [5.74, 6) is 0.295. The van der Waals surface area contributed by atoms with E-state index in [9.17, 15) is 14.7 Å². The van der Waals surface area contributed by atoms with Gasteiger partial charge in [0.1, 0.15) is 24.0 Å². The number of aliphatic hydroxyl groups excluding tert-OH is 1. The molecule has 0 spiro atoms. The first kappa shape index (κ1) is 20.4. The zero-order chi connectivity index (χ0) is 21.3. The second kappa shape index (κ2) is 8.11. The van der Waals surface area contributed by atoms with Crippen LogP contribution in [-0.2, 0) is 29.6 Å². The Hall–Kier alpha value is -2.86. The maximum Gasteiger partial charge on any atom is 0.325 e. The number of nitrogens with one attached hydrogen (secondary N) is 1. The van der Waals surface area contributed by atoms with Crippen LogP contribution < -0.4 is 10.1 Å². The van der Waals surface area contributed by atoms with Crippen LogP contribution in [0.1, 0.15) is 42.5 Å². The average molecular weight is 408 g/mol. The molecule has 0 bridgehead atoms. The van der Waals surface area contributed by atoms with Gasteiger partial charge in [-0.05, 0) is 67.0 Å². The third kappa shape index (κ3) is 3.79. The summed E-state index contributed by atoms with van der Waals surface area (Å²) < 4.78 is 5.62. The molecule has 30 heavy (non-hydrogen) atoms. The Bertz CT molecular complexity index is 956. The zero-order valence-electron chi connectivity index (χ0n) is 17.5. The molecule has 6 heteroatoms. The van der Waals surface area contributed by atoms with Gasteiger partial charge in [0.15, 0.2) is 0 Å². The van der Waals surface area contributed by atoms with Crippen LogP contribution in [0.25, 0.3) is 0 Å². The van der Waals surface area contributed by atoms with E-state index in [0.717, 1.165) is 36.1 Å². The number of carbonyl (C=O) groups is 2. The van der Waals surface area contributed by atoms with Crippen molar-refractivity contribution < 1.29 is 19.4 Å². The molecule has 1 heterocycles. The summed E-state index contributed by atoms with van der Waals surface area (Å²) in [4.78, 5) is 26.7. The van der Waals surface area contributed by atoms with Gasteiger partial charge in [0.25, 0.3) is 5.91 Å². The van der Waals surface area contributed by atoms with Gasteiger partial charge in [-0.25, -0.2) is 4.79 Å². The largest absolute Gasteiger partial charge is 0.491 e. The van der Waals surface area contributed by atoms with Crippen LogP contribution >= 0.6 is 0 Å². The van der Waals surface area contributed by atoms with Crippen LogP contribution in [0.5, 0.6) is 5.75 Å². The fraction of sp³-hybridized carbons (Fsp3) is 0.417. The lowest BCUT2D eigenvalue weighted by atomic mass is 9.89. The molecular formula is C24H28N2O4. The van der Waals surface area contributed by atoms with E-state index >= 15 is 0 Å². The Kier molecular flexibility index (Phi) is 5.52. The molecule has 1 aliphatic carbocycles. The van der Waals surface area contributed by atoms with E-state index in [1.165, 1.54) is 16.7 Å². The van der Waals surface area contributed by atoms with E-state index in [2.05, 4.69) is 18.3 Å². The highest BCUT2D eigenvalue weighted by molar-refractivity contribution is 6.07. The molecule has 2 aromatic carbocycles. The zero-order valence-corrected chi connectivity index (χ0v) is 17.5. The van der Waals surface area contributed by atoms with Crippen LogP contribution in [0.3, 0.4) is 0 Å². The minimum Gasteiger partial charge on any atom is -0.491 e. The monoisotopic (exact) mass is 408 g/mol. The smallest absolute Gasteiger partial charge is 0.325 e. The number of urea groups is 1. The molecule has 1 fully saturated rings. The Labute approximate surface area is 176 Å². The highest BCUT2D eigenvalue weighted by atomic mass is 16.5. The maximum absolute atomic E-state index is 13.1. The molecular weight excluding hydrogens is 380 g/mol. The maximum atomic E-state index is 13.1. The molecule has 2 atom stereocenters. The van der Waals surface area contributed by atoms with Gasteiger partial charge in [-0.15, -0.1) is 0 Å². The second-order valence-corrected chi connectivity index (χ2v) is 8.27. The molecule has 1 aliphatic heterocycles. The third-order valence-corrected chi connectivity index (χ3v) is 6.12. The van der Waals surface area contributed by atoms with Crippen molar-refractivity contribution in [1.82, 2.24) is 10.2 Å². The number of aryl methyl sites for hydroxylation is 3. The number of fused-ring (bicyclic) bond motifs is 1. The molecule has 0 aromatic heterocycles. The molecule has 2 N–H and O–H groups in total. The minimum absolute atomic E-state index is 0.00189. The summed E-state index contributed by atoms with van der Waals surface area (Å²) >= 11 is 0. The molecule has 0 saturated carbocycles. The lowest BCUT2D eigenvalue weighted by molar-refractivity contribution is -0.132. The summed E-state index contributed by atoms with van der Waals surface area (Å²) in [6, 6.07) is 13.2. The van der Waals surface area contributed by atoms with Crippen molar-refractivity contribution in [3.05, 3.63) is 64.7 Å². The summed E-state index contributed by atoms with van der Waals surface area (Å²) in [7, 11) is 0. The van der Waals surface area contributed by atoms with Crippen molar-refractivity contribution in [3.63, 3.8) is 0 Å². The number of imide groups is 1. The number of rotatable bonds is 7. The van der Waals surface area contributed by atoms with E-state index in [1.54, 1.807) is 6.92 Å². The predicted octanol–water partition coefficient (Wildman–Crippen LogP) is 2.94. The van der Waals surface area contributed by atoms with E-state index in [1.807, 2.05) is 36.4 Å². The Morgan fingerprint density at radius 3 is 2.60 bits per heavy atom. The van der Waals surface area contributed by atoms with Crippen molar-refractivity contribution in [1.29, 1.82) is 0 Å². The van der Waals surface area contributed by atoms with E-state index < -0.39 is 17.7 Å². The normalized spacial score (nSPS) is 21.5. The van der Waals surface area contributed by atoms with Gasteiger partial charge >= 0.3 is 6.03 Å². The second-order valence-electron chi connectivity index (χ2n) is 8.27. The Morgan fingerprint density at radius 1 is 1.13 bits per heavy atom. The third-order valence-electron chi connectivity index (χ3n) is 6.12. The molecule has 0 radical (unpaired) electrons. The van der Waals surface area contributed by atoms with Gasteiger partial charge in [0.05, 0.1) is 6.54 Å². The summed E-state index contributed by atoms with van der Waals surface area (Å²) in [5, 5.41) is 13.2. The molecule has 3 amide bonds. The molecule has 2 aliphatic rings. The van der Waals surface area contributed by atoms with Crippen LogP contribution in [-0.4, -0.2) is 41.2 Å². The van der Waals surface area contributed by atoms with Crippen LogP contribution in [0.15, 0.2) is 42.5 Å². The number of ether oxygens (including phenoxy) is 1. The highest BCUT2D eigenvalue weighted by Crippen LogP contribution is 2.32. The van der Waals surface area contributed by atoms with E-state index in [4.69, 9.17) is 4.74 Å². The van der Waals surface area contributed by atoms with Gasteiger partial charge < -0.3 is 15.2 Å². The summed E-state index contributed by atoms with van der Waals surface area (Å²) in [6.07, 6.45) is 3.15. The van der Waals surface area contributed by atoms with Gasteiger partial charge in [-0.3, -0.25) is 9.69 Å². The fourth-order valence-electron chi connectivity index (χ4n) is 4.22. The number of amides is 3. The minimum atomic E-state index is -1.12. The number of carbonyl (C=O) groups excluding carboxylic acids is 2. The number of hydrogen-bond acceptors (Lipinski definition) is 4. The van der Waals surface area contributed by atoms with Crippen molar-refractivity contribution in [3.8, 4) is 5.75 Å². The molecule has 6 nitrogen and oxygen atoms in total. The first-order chi connectivity index (χ1) is 14.4. The highest BCUT2D eigenvalue weighted by Gasteiger charge is 2.49. The molecule has 0 unspecified atom stereocenters. The molecule has 158 valence electrons. The Morgan fingerprint density at radius 2 is 1.87 bits per heavy atom. The number of hydrogen-bond donors (Lipinski definition) is 2. The number of aliphatic hydroxyl groups is 1. The lowest BCUT2D eigenvalue weighted by Gasteiger charge is -2.24. The van der Waals surface area contributed by atoms with Crippen molar-refractivity contribution in [2.45, 2.75) is 51.2 Å². The Balaban J connectivity index is 1.40. The standard InChI is InChI=1S/C24H28N2O4/c1-3-16-7-11-21(12-8-16)30-15-20(27)14-26-22(28)24(2,25-23(26)29)19-10-9-17-5-4-6-18(17)13-19/h7-13,20,27H,3-6,14-15H2,1-2H3,(H,25,29)/t20-,24-/m0/s1. The first-order valence-corrected chi connectivity index (χ1v) is 10.6. The first-order valence-electron chi connectivity index (χ1n) is 10.6. The van der Waals surface area contributed by atoms with Crippen LogP contribution in [0.4, 0.5) is 4.79 Å². The summed E-state index contributed by atoms with van der Waals surface area (Å²) in [5.41, 5.74) is 3.43. The van der Waals surface area contributed by atoms with Crippen molar-refractivity contribution >= 4 is 11.9 Å².